The van der Waals surface area contributed by atoms with E-state index < -0.39 is 0 Å². The summed E-state index contributed by atoms with van der Waals surface area (Å²) in [5, 5.41) is 10.3. The summed E-state index contributed by atoms with van der Waals surface area (Å²) < 4.78 is 6.83. The molecule has 1 aliphatic rings. The number of carbonyl (C=O) groups is 1. The molecule has 0 spiro atoms. The lowest BCUT2D eigenvalue weighted by atomic mass is 10.1. The monoisotopic (exact) mass is 438 g/mol. The van der Waals surface area contributed by atoms with Crippen molar-refractivity contribution in [3.63, 3.8) is 0 Å². The average Bonchev–Trinajstić information content (AvgIpc) is 2.89. The summed E-state index contributed by atoms with van der Waals surface area (Å²) in [5.41, 5.74) is 2.13. The number of benzene rings is 1. The predicted molar refractivity (Wildman–Crippen MR) is 110 cm³/mol. The van der Waals surface area contributed by atoms with Crippen LogP contribution in [0.25, 0.3) is 11.0 Å². The van der Waals surface area contributed by atoms with Gasteiger partial charge in [0.1, 0.15) is 17.5 Å². The number of halogens is 1. The number of amides is 1. The van der Waals surface area contributed by atoms with Gasteiger partial charge in [0.25, 0.3) is 5.91 Å². The molecule has 1 fully saturated rings. The molecule has 0 N–H and O–H groups in total. The van der Waals surface area contributed by atoms with Gasteiger partial charge in [0.2, 0.25) is 0 Å². The third-order valence-corrected chi connectivity index (χ3v) is 5.58. The van der Waals surface area contributed by atoms with Gasteiger partial charge in [0.15, 0.2) is 5.76 Å². The molecule has 1 amide bonds. The highest BCUT2D eigenvalue weighted by molar-refractivity contribution is 9.10. The van der Waals surface area contributed by atoms with Gasteiger partial charge in [-0.15, -0.1) is 0 Å². The SMILES string of the molecule is Cc1c(C(=O)N2CCCN(c3ncccc3C#N)CC2)oc2ccc(Br)cc12. The van der Waals surface area contributed by atoms with E-state index in [1.807, 2.05) is 30.0 Å². The molecule has 0 unspecified atom stereocenters. The Morgan fingerprint density at radius 1 is 1.25 bits per heavy atom. The van der Waals surface area contributed by atoms with Crippen molar-refractivity contribution < 1.29 is 9.21 Å². The van der Waals surface area contributed by atoms with Gasteiger partial charge in [-0.05, 0) is 43.7 Å². The van der Waals surface area contributed by atoms with Crippen LogP contribution < -0.4 is 4.90 Å². The van der Waals surface area contributed by atoms with E-state index in [2.05, 4.69) is 31.9 Å². The van der Waals surface area contributed by atoms with Gasteiger partial charge in [-0.25, -0.2) is 4.98 Å². The van der Waals surface area contributed by atoms with Crippen molar-refractivity contribution in [3.05, 3.63) is 57.9 Å². The Labute approximate surface area is 171 Å². The van der Waals surface area contributed by atoms with Crippen LogP contribution in [0.3, 0.4) is 0 Å². The molecule has 0 aliphatic carbocycles. The lowest BCUT2D eigenvalue weighted by Gasteiger charge is -2.23. The first-order valence-electron chi connectivity index (χ1n) is 9.16. The zero-order chi connectivity index (χ0) is 19.7. The highest BCUT2D eigenvalue weighted by Crippen LogP contribution is 2.29. The lowest BCUT2D eigenvalue weighted by molar-refractivity contribution is 0.0736. The fourth-order valence-electron chi connectivity index (χ4n) is 3.61. The van der Waals surface area contributed by atoms with Crippen LogP contribution in [-0.4, -0.2) is 42.0 Å². The number of furan rings is 1. The Hall–Kier alpha value is -2.85. The van der Waals surface area contributed by atoms with Crippen LogP contribution in [0.4, 0.5) is 5.82 Å². The minimum Gasteiger partial charge on any atom is -0.451 e. The largest absolute Gasteiger partial charge is 0.451 e. The van der Waals surface area contributed by atoms with Gasteiger partial charge in [-0.1, -0.05) is 15.9 Å². The number of nitriles is 1. The average molecular weight is 439 g/mol. The number of aromatic nitrogens is 1. The first-order valence-corrected chi connectivity index (χ1v) is 9.96. The summed E-state index contributed by atoms with van der Waals surface area (Å²) in [6.07, 6.45) is 2.50. The molecule has 1 saturated heterocycles. The maximum absolute atomic E-state index is 13.1. The van der Waals surface area contributed by atoms with Gasteiger partial charge >= 0.3 is 0 Å². The molecule has 4 rings (SSSR count). The summed E-state index contributed by atoms with van der Waals surface area (Å²) in [6.45, 7) is 4.50. The van der Waals surface area contributed by atoms with Gasteiger partial charge < -0.3 is 14.2 Å². The quantitative estimate of drug-likeness (QED) is 0.601. The van der Waals surface area contributed by atoms with E-state index in [0.717, 1.165) is 28.4 Å². The predicted octanol–water partition coefficient (Wildman–Crippen LogP) is 4.12. The molecule has 0 radical (unpaired) electrons. The summed E-state index contributed by atoms with van der Waals surface area (Å²) in [4.78, 5) is 21.4. The van der Waals surface area contributed by atoms with Crippen LogP contribution in [0.1, 0.15) is 28.1 Å². The van der Waals surface area contributed by atoms with E-state index in [1.165, 1.54) is 0 Å². The third kappa shape index (κ3) is 3.36. The zero-order valence-corrected chi connectivity index (χ0v) is 17.1. The Morgan fingerprint density at radius 3 is 2.93 bits per heavy atom. The van der Waals surface area contributed by atoms with E-state index in [1.54, 1.807) is 18.3 Å². The van der Waals surface area contributed by atoms with E-state index in [-0.39, 0.29) is 5.91 Å². The maximum atomic E-state index is 13.1. The van der Waals surface area contributed by atoms with E-state index in [4.69, 9.17) is 4.42 Å². The molecule has 2 aromatic heterocycles. The Morgan fingerprint density at radius 2 is 2.11 bits per heavy atom. The van der Waals surface area contributed by atoms with Crippen LogP contribution in [0.5, 0.6) is 0 Å². The number of nitrogens with zero attached hydrogens (tertiary/aromatic N) is 4. The summed E-state index contributed by atoms with van der Waals surface area (Å²) in [5.74, 6) is 0.995. The number of anilines is 1. The fourth-order valence-corrected chi connectivity index (χ4v) is 3.97. The molecule has 3 aromatic rings. The van der Waals surface area contributed by atoms with Gasteiger partial charge in [0.05, 0.1) is 5.56 Å². The number of aryl methyl sites for hydroxylation is 1. The molecule has 0 saturated carbocycles. The lowest BCUT2D eigenvalue weighted by Crippen LogP contribution is -2.35. The van der Waals surface area contributed by atoms with Crippen LogP contribution >= 0.6 is 15.9 Å². The first kappa shape index (κ1) is 18.5. The number of hydrogen-bond donors (Lipinski definition) is 0. The third-order valence-electron chi connectivity index (χ3n) is 5.08. The normalized spacial score (nSPS) is 14.8. The molecule has 142 valence electrons. The smallest absolute Gasteiger partial charge is 0.289 e. The second-order valence-electron chi connectivity index (χ2n) is 6.82. The molecular weight excluding hydrogens is 420 g/mol. The second kappa shape index (κ2) is 7.64. The Balaban J connectivity index is 1.56. The second-order valence-corrected chi connectivity index (χ2v) is 7.73. The van der Waals surface area contributed by atoms with Crippen LogP contribution in [0.15, 0.2) is 45.4 Å². The summed E-state index contributed by atoms with van der Waals surface area (Å²) in [7, 11) is 0. The van der Waals surface area contributed by atoms with Crippen molar-refractivity contribution in [2.45, 2.75) is 13.3 Å². The molecule has 1 aromatic carbocycles. The first-order chi connectivity index (χ1) is 13.6. The van der Waals surface area contributed by atoms with Crippen molar-refractivity contribution in [2.24, 2.45) is 0 Å². The van der Waals surface area contributed by atoms with Crippen LogP contribution in [0.2, 0.25) is 0 Å². The molecule has 6 nitrogen and oxygen atoms in total. The Bertz CT molecular complexity index is 1090. The van der Waals surface area contributed by atoms with Crippen molar-refractivity contribution in [3.8, 4) is 6.07 Å². The minimum atomic E-state index is -0.0896. The van der Waals surface area contributed by atoms with Gasteiger partial charge in [-0.3, -0.25) is 4.79 Å². The van der Waals surface area contributed by atoms with Crippen molar-refractivity contribution >= 4 is 38.6 Å². The number of rotatable bonds is 2. The molecule has 0 bridgehead atoms. The van der Waals surface area contributed by atoms with E-state index in [9.17, 15) is 10.1 Å². The molecule has 28 heavy (non-hydrogen) atoms. The van der Waals surface area contributed by atoms with Crippen molar-refractivity contribution in [2.75, 3.05) is 31.1 Å². The summed E-state index contributed by atoms with van der Waals surface area (Å²) >= 11 is 3.47. The zero-order valence-electron chi connectivity index (χ0n) is 15.5. The van der Waals surface area contributed by atoms with E-state index in [0.29, 0.717) is 42.4 Å². The molecular formula is C21H19BrN4O2. The highest BCUT2D eigenvalue weighted by Gasteiger charge is 2.26. The molecule has 1 aliphatic heterocycles. The van der Waals surface area contributed by atoms with Gasteiger partial charge in [0, 0.05) is 47.8 Å². The fraction of sp³-hybridized carbons (Fsp3) is 0.286. The number of fused-ring (bicyclic) bond motifs is 1. The minimum absolute atomic E-state index is 0.0896. The number of pyridine rings is 1. The standard InChI is InChI=1S/C21H19BrN4O2/c1-14-17-12-16(22)5-6-18(17)28-19(14)21(27)26-9-3-8-25(10-11-26)20-15(13-23)4-2-7-24-20/h2,4-7,12H,3,8-11H2,1H3. The van der Waals surface area contributed by atoms with E-state index >= 15 is 0 Å². The molecule has 7 heteroatoms. The van der Waals surface area contributed by atoms with Crippen molar-refractivity contribution in [1.29, 1.82) is 5.26 Å². The van der Waals surface area contributed by atoms with Gasteiger partial charge in [-0.2, -0.15) is 5.26 Å². The molecule has 0 atom stereocenters. The number of hydrogen-bond acceptors (Lipinski definition) is 5. The summed E-state index contributed by atoms with van der Waals surface area (Å²) in [6, 6.07) is 11.5. The van der Waals surface area contributed by atoms with Crippen LogP contribution in [-0.2, 0) is 0 Å². The van der Waals surface area contributed by atoms with Crippen LogP contribution in [0, 0.1) is 18.3 Å². The topological polar surface area (TPSA) is 73.4 Å². The van der Waals surface area contributed by atoms with Crippen molar-refractivity contribution in [1.82, 2.24) is 9.88 Å². The maximum Gasteiger partial charge on any atom is 0.289 e. The Kier molecular flexibility index (Phi) is 5.05. The highest BCUT2D eigenvalue weighted by atomic mass is 79.9. The number of carbonyl (C=O) groups excluding carboxylic acids is 1. The molecule has 3 heterocycles.